The third-order valence-corrected chi connectivity index (χ3v) is 5.16. The van der Waals surface area contributed by atoms with Crippen LogP contribution < -0.4 is 10.6 Å². The van der Waals surface area contributed by atoms with E-state index in [2.05, 4.69) is 22.8 Å². The van der Waals surface area contributed by atoms with Gasteiger partial charge in [-0.05, 0) is 27.8 Å². The summed E-state index contributed by atoms with van der Waals surface area (Å²) in [6, 6.07) is 26.1. The lowest BCUT2D eigenvalue weighted by Crippen LogP contribution is -2.39. The number of hydrogen-bond donors (Lipinski definition) is 3. The Kier molecular flexibility index (Phi) is 5.51. The minimum Gasteiger partial charge on any atom is -0.390 e. The second kappa shape index (κ2) is 8.38. The third kappa shape index (κ3) is 3.84. The van der Waals surface area contributed by atoms with Gasteiger partial charge in [-0.15, -0.1) is 0 Å². The van der Waals surface area contributed by atoms with Gasteiger partial charge in [0.05, 0.1) is 12.0 Å². The molecule has 1 aliphatic carbocycles. The monoisotopic (exact) mass is 372 g/mol. The van der Waals surface area contributed by atoms with Gasteiger partial charge in [-0.3, -0.25) is 4.79 Å². The van der Waals surface area contributed by atoms with Crippen LogP contribution in [0.1, 0.15) is 22.6 Å². The van der Waals surface area contributed by atoms with Crippen molar-refractivity contribution in [2.75, 3.05) is 13.1 Å². The predicted molar refractivity (Wildman–Crippen MR) is 111 cm³/mol. The molecule has 1 amide bonds. The fourth-order valence-electron chi connectivity index (χ4n) is 3.81. The molecule has 1 atom stereocenters. The van der Waals surface area contributed by atoms with Gasteiger partial charge in [-0.1, -0.05) is 78.9 Å². The fraction of sp³-hybridized carbons (Fsp3) is 0.208. The number of rotatable bonds is 7. The third-order valence-electron chi connectivity index (χ3n) is 5.16. The lowest BCUT2D eigenvalue weighted by Gasteiger charge is -2.17. The number of carbonyl (C=O) groups is 1. The van der Waals surface area contributed by atoms with E-state index < -0.39 is 6.10 Å². The van der Waals surface area contributed by atoms with Crippen LogP contribution in [-0.2, 0) is 11.3 Å². The maximum Gasteiger partial charge on any atom is 0.232 e. The van der Waals surface area contributed by atoms with Crippen molar-refractivity contribution in [1.29, 1.82) is 0 Å². The van der Waals surface area contributed by atoms with Crippen LogP contribution in [0.3, 0.4) is 0 Å². The molecule has 1 aliphatic rings. The van der Waals surface area contributed by atoms with Gasteiger partial charge in [0.25, 0.3) is 0 Å². The van der Waals surface area contributed by atoms with E-state index in [9.17, 15) is 9.90 Å². The van der Waals surface area contributed by atoms with E-state index in [-0.39, 0.29) is 18.4 Å². The highest BCUT2D eigenvalue weighted by molar-refractivity contribution is 5.96. The summed E-state index contributed by atoms with van der Waals surface area (Å²) >= 11 is 0. The Morgan fingerprint density at radius 1 is 0.821 bits per heavy atom. The second-order valence-electron chi connectivity index (χ2n) is 7.12. The maximum absolute atomic E-state index is 12.9. The van der Waals surface area contributed by atoms with Gasteiger partial charge in [0.15, 0.2) is 0 Å². The summed E-state index contributed by atoms with van der Waals surface area (Å²) < 4.78 is 0. The van der Waals surface area contributed by atoms with Gasteiger partial charge in [-0.2, -0.15) is 0 Å². The quantitative estimate of drug-likeness (QED) is 0.597. The summed E-state index contributed by atoms with van der Waals surface area (Å²) in [4.78, 5) is 12.9. The number of nitrogens with one attached hydrogen (secondary N) is 2. The first kappa shape index (κ1) is 18.4. The predicted octanol–water partition coefficient (Wildman–Crippen LogP) is 3.07. The molecule has 3 aromatic rings. The van der Waals surface area contributed by atoms with E-state index >= 15 is 0 Å². The topological polar surface area (TPSA) is 61.4 Å². The van der Waals surface area contributed by atoms with E-state index in [1.165, 1.54) is 0 Å². The molecule has 4 nitrogen and oxygen atoms in total. The number of carbonyl (C=O) groups excluding carboxylic acids is 1. The van der Waals surface area contributed by atoms with E-state index in [1.54, 1.807) is 0 Å². The van der Waals surface area contributed by atoms with Gasteiger partial charge in [0.2, 0.25) is 5.91 Å². The first-order chi connectivity index (χ1) is 13.7. The average molecular weight is 372 g/mol. The summed E-state index contributed by atoms with van der Waals surface area (Å²) in [5.74, 6) is -0.392. The van der Waals surface area contributed by atoms with Crippen molar-refractivity contribution in [1.82, 2.24) is 10.6 Å². The molecule has 0 aromatic heterocycles. The smallest absolute Gasteiger partial charge is 0.232 e. The van der Waals surface area contributed by atoms with Crippen molar-refractivity contribution < 1.29 is 9.90 Å². The highest BCUT2D eigenvalue weighted by Gasteiger charge is 2.33. The molecule has 3 N–H and O–H groups in total. The van der Waals surface area contributed by atoms with Gasteiger partial charge in [0, 0.05) is 19.6 Å². The van der Waals surface area contributed by atoms with E-state index in [0.29, 0.717) is 13.1 Å². The molecule has 1 unspecified atom stereocenters. The van der Waals surface area contributed by atoms with Crippen molar-refractivity contribution in [3.8, 4) is 11.1 Å². The Labute approximate surface area is 165 Å². The van der Waals surface area contributed by atoms with Gasteiger partial charge in [0.1, 0.15) is 0 Å². The number of aliphatic hydroxyl groups is 1. The second-order valence-corrected chi connectivity index (χ2v) is 7.12. The van der Waals surface area contributed by atoms with Crippen LogP contribution in [0.4, 0.5) is 0 Å². The van der Waals surface area contributed by atoms with Crippen molar-refractivity contribution in [3.63, 3.8) is 0 Å². The summed E-state index contributed by atoms with van der Waals surface area (Å²) in [5, 5.41) is 16.4. The molecular weight excluding hydrogens is 348 g/mol. The number of amides is 1. The Morgan fingerprint density at radius 2 is 1.39 bits per heavy atom. The summed E-state index contributed by atoms with van der Waals surface area (Å²) in [5.41, 5.74) is 5.44. The molecule has 4 rings (SSSR count). The number of hydrogen-bond acceptors (Lipinski definition) is 3. The Balaban J connectivity index is 1.35. The van der Waals surface area contributed by atoms with Crippen molar-refractivity contribution >= 4 is 5.91 Å². The molecule has 0 spiro atoms. The minimum atomic E-state index is -0.639. The summed E-state index contributed by atoms with van der Waals surface area (Å²) in [6.07, 6.45) is -0.639. The van der Waals surface area contributed by atoms with E-state index in [4.69, 9.17) is 0 Å². The fourth-order valence-corrected chi connectivity index (χ4v) is 3.81. The zero-order valence-electron chi connectivity index (χ0n) is 15.6. The lowest BCUT2D eigenvalue weighted by molar-refractivity contribution is -0.122. The molecule has 0 saturated carbocycles. The van der Waals surface area contributed by atoms with Crippen molar-refractivity contribution in [2.45, 2.75) is 18.6 Å². The first-order valence-electron chi connectivity index (χ1n) is 9.62. The molecule has 0 aliphatic heterocycles. The molecule has 0 radical (unpaired) electrons. The van der Waals surface area contributed by atoms with Crippen LogP contribution in [-0.4, -0.2) is 30.2 Å². The van der Waals surface area contributed by atoms with Crippen LogP contribution in [0.15, 0.2) is 78.9 Å². The molecule has 142 valence electrons. The number of fused-ring (bicyclic) bond motifs is 3. The molecule has 0 fully saturated rings. The van der Waals surface area contributed by atoms with Crippen molar-refractivity contribution in [3.05, 3.63) is 95.6 Å². The van der Waals surface area contributed by atoms with Gasteiger partial charge in [-0.25, -0.2) is 0 Å². The molecular formula is C24H24N2O2. The van der Waals surface area contributed by atoms with E-state index in [1.807, 2.05) is 66.7 Å². The summed E-state index contributed by atoms with van der Waals surface area (Å²) in [6.45, 7) is 1.34. The maximum atomic E-state index is 12.9. The van der Waals surface area contributed by atoms with Gasteiger partial charge >= 0.3 is 0 Å². The Bertz CT molecular complexity index is 910. The Morgan fingerprint density at radius 3 is 2.04 bits per heavy atom. The SMILES string of the molecule is O=C(NCC(O)CNCc1ccccc1)C1c2ccccc2-c2ccccc21. The van der Waals surface area contributed by atoms with Crippen LogP contribution in [0.5, 0.6) is 0 Å². The molecule has 0 bridgehead atoms. The van der Waals surface area contributed by atoms with Crippen LogP contribution >= 0.6 is 0 Å². The van der Waals surface area contributed by atoms with Crippen molar-refractivity contribution in [2.24, 2.45) is 0 Å². The van der Waals surface area contributed by atoms with Crippen LogP contribution in [0, 0.1) is 0 Å². The molecule has 0 heterocycles. The zero-order chi connectivity index (χ0) is 19.3. The minimum absolute atomic E-state index is 0.0699. The first-order valence-corrected chi connectivity index (χ1v) is 9.62. The lowest BCUT2D eigenvalue weighted by atomic mass is 9.96. The molecule has 4 heteroatoms. The number of aliphatic hydroxyl groups excluding tert-OH is 1. The van der Waals surface area contributed by atoms with Gasteiger partial charge < -0.3 is 15.7 Å². The molecule has 0 saturated heterocycles. The highest BCUT2D eigenvalue weighted by Crippen LogP contribution is 2.44. The standard InChI is InChI=1S/C24H24N2O2/c27-18(15-25-14-17-8-2-1-3-9-17)16-26-24(28)23-21-12-6-4-10-19(21)20-11-5-7-13-22(20)23/h1-13,18,23,25,27H,14-16H2,(H,26,28). The molecule has 3 aromatic carbocycles. The Hall–Kier alpha value is -2.95. The normalized spacial score (nSPS) is 13.6. The summed E-state index contributed by atoms with van der Waals surface area (Å²) in [7, 11) is 0. The van der Waals surface area contributed by atoms with Crippen LogP contribution in [0.2, 0.25) is 0 Å². The molecule has 28 heavy (non-hydrogen) atoms. The average Bonchev–Trinajstić information content (AvgIpc) is 3.07. The van der Waals surface area contributed by atoms with E-state index in [0.717, 1.165) is 27.8 Å². The largest absolute Gasteiger partial charge is 0.390 e. The van der Waals surface area contributed by atoms with Crippen LogP contribution in [0.25, 0.3) is 11.1 Å². The number of benzene rings is 3. The highest BCUT2D eigenvalue weighted by atomic mass is 16.3. The zero-order valence-corrected chi connectivity index (χ0v) is 15.6.